The Labute approximate surface area is 233 Å². The maximum atomic E-state index is 12.7. The number of aromatic nitrogens is 2. The number of hydrogen-bond donors (Lipinski definition) is 3. The van der Waals surface area contributed by atoms with E-state index in [1.54, 1.807) is 13.8 Å². The van der Waals surface area contributed by atoms with Crippen molar-refractivity contribution in [3.63, 3.8) is 0 Å². The highest BCUT2D eigenvalue weighted by Gasteiger charge is 2.57. The molecule has 3 aromatic rings. The highest BCUT2D eigenvalue weighted by Crippen LogP contribution is 2.48. The van der Waals surface area contributed by atoms with Crippen LogP contribution in [0.5, 0.6) is 0 Å². The maximum absolute atomic E-state index is 12.7. The van der Waals surface area contributed by atoms with Crippen LogP contribution in [-0.4, -0.2) is 53.5 Å². The molecule has 1 saturated carbocycles. The molecule has 3 atom stereocenters. The zero-order chi connectivity index (χ0) is 27.1. The number of rotatable bonds is 8. The Morgan fingerprint density at radius 3 is 2.58 bits per heavy atom. The Morgan fingerprint density at radius 2 is 1.95 bits per heavy atom. The second-order valence-corrected chi connectivity index (χ2v) is 11.3. The van der Waals surface area contributed by atoms with Gasteiger partial charge in [0.1, 0.15) is 10.6 Å². The normalized spacial score (nSPS) is 19.7. The lowest BCUT2D eigenvalue weighted by Crippen LogP contribution is -2.34. The van der Waals surface area contributed by atoms with Crippen molar-refractivity contribution in [1.29, 1.82) is 0 Å². The highest BCUT2D eigenvalue weighted by atomic mass is 35.5. The van der Waals surface area contributed by atoms with Gasteiger partial charge >= 0.3 is 5.97 Å². The van der Waals surface area contributed by atoms with Gasteiger partial charge in [0.05, 0.1) is 22.3 Å². The molecule has 1 aliphatic carbocycles. The number of carbonyl (C=O) groups is 3. The predicted molar refractivity (Wildman–Crippen MR) is 148 cm³/mol. The average Bonchev–Trinajstić information content (AvgIpc) is 3.21. The largest absolute Gasteiger partial charge is 0.462 e. The first-order valence-corrected chi connectivity index (χ1v) is 13.9. The molecule has 2 amide bonds. The number of ether oxygens (including phenoxy) is 1. The van der Waals surface area contributed by atoms with E-state index in [-0.39, 0.29) is 47.0 Å². The van der Waals surface area contributed by atoms with Gasteiger partial charge in [0.15, 0.2) is 5.13 Å². The quantitative estimate of drug-likeness (QED) is 0.336. The first-order valence-electron chi connectivity index (χ1n) is 12.3. The van der Waals surface area contributed by atoms with Gasteiger partial charge in [0.25, 0.3) is 5.91 Å². The zero-order valence-corrected chi connectivity index (χ0v) is 23.4. The molecule has 38 heavy (non-hydrogen) atoms. The molecule has 9 nitrogen and oxygen atoms in total. The number of fused-ring (bicyclic) bond motifs is 1. The number of piperidine rings is 1. The van der Waals surface area contributed by atoms with E-state index < -0.39 is 5.97 Å². The second-order valence-electron chi connectivity index (χ2n) is 9.54. The minimum atomic E-state index is -0.393. The number of benzene rings is 1. The molecule has 2 fully saturated rings. The smallest absolute Gasteiger partial charge is 0.350 e. The van der Waals surface area contributed by atoms with Crippen LogP contribution in [0.4, 0.5) is 10.8 Å². The molecular weight excluding hydrogens is 549 g/mol. The number of thiazole rings is 1. The van der Waals surface area contributed by atoms with Crippen LogP contribution in [0.25, 0.3) is 0 Å². The Morgan fingerprint density at radius 1 is 1.21 bits per heavy atom. The number of H-pyrrole nitrogens is 1. The van der Waals surface area contributed by atoms with E-state index in [4.69, 9.17) is 32.9 Å². The summed E-state index contributed by atoms with van der Waals surface area (Å²) in [5.41, 5.74) is 3.19. The first-order chi connectivity index (χ1) is 18.2. The van der Waals surface area contributed by atoms with Gasteiger partial charge in [-0.2, -0.15) is 0 Å². The number of amides is 2. The number of hydrogen-bond acceptors (Lipinski definition) is 7. The summed E-state index contributed by atoms with van der Waals surface area (Å²) in [4.78, 5) is 47.3. The molecule has 3 heterocycles. The van der Waals surface area contributed by atoms with Crippen LogP contribution in [0.3, 0.4) is 0 Å². The van der Waals surface area contributed by atoms with Crippen molar-refractivity contribution in [2.75, 3.05) is 29.9 Å². The monoisotopic (exact) mass is 575 g/mol. The molecule has 200 valence electrons. The molecule has 12 heteroatoms. The highest BCUT2D eigenvalue weighted by molar-refractivity contribution is 7.17. The minimum absolute atomic E-state index is 0.0534. The van der Waals surface area contributed by atoms with Gasteiger partial charge in [0, 0.05) is 55.7 Å². The van der Waals surface area contributed by atoms with Crippen molar-refractivity contribution in [3.05, 3.63) is 61.8 Å². The summed E-state index contributed by atoms with van der Waals surface area (Å²) < 4.78 is 5.30. The van der Waals surface area contributed by atoms with Crippen molar-refractivity contribution < 1.29 is 19.1 Å². The van der Waals surface area contributed by atoms with Crippen molar-refractivity contribution in [2.45, 2.75) is 33.2 Å². The van der Waals surface area contributed by atoms with Gasteiger partial charge in [-0.3, -0.25) is 9.59 Å². The minimum Gasteiger partial charge on any atom is -0.462 e. The summed E-state index contributed by atoms with van der Waals surface area (Å²) in [6, 6.07) is 7.53. The van der Waals surface area contributed by atoms with E-state index in [0.29, 0.717) is 33.4 Å². The van der Waals surface area contributed by atoms with Gasteiger partial charge in [0.2, 0.25) is 5.91 Å². The lowest BCUT2D eigenvalue weighted by molar-refractivity contribution is -0.114. The van der Waals surface area contributed by atoms with Gasteiger partial charge in [-0.25, -0.2) is 9.78 Å². The van der Waals surface area contributed by atoms with E-state index in [1.165, 1.54) is 18.3 Å². The van der Waals surface area contributed by atoms with Crippen LogP contribution >= 0.6 is 34.5 Å². The average molecular weight is 577 g/mol. The number of aromatic amines is 1. The van der Waals surface area contributed by atoms with Crippen molar-refractivity contribution in [2.24, 2.45) is 11.8 Å². The van der Waals surface area contributed by atoms with Gasteiger partial charge in [-0.15, -0.1) is 0 Å². The third-order valence-corrected chi connectivity index (χ3v) is 8.89. The van der Waals surface area contributed by atoms with E-state index in [2.05, 4.69) is 20.5 Å². The first kappa shape index (κ1) is 26.5. The molecule has 2 aromatic heterocycles. The fraction of sp³-hybridized carbons (Fsp3) is 0.385. The lowest BCUT2D eigenvalue weighted by Gasteiger charge is -2.19. The molecule has 0 unspecified atom stereocenters. The standard InChI is InChI=1S/C26H27Cl2N5O4S/c1-4-37-25(36)23-18(9-14-6-5-7-15(8-14)30-13(3)34)31-26(38-23)33-10-16-17(11-33)21(16)32-24(35)22-20(28)19(27)12(2)29-22/h5-8,16-17,21,29H,4,9-11H2,1-3H3,(H,30,34)(H,32,35)/t16-,17+,21+. The van der Waals surface area contributed by atoms with Gasteiger partial charge in [-0.1, -0.05) is 46.7 Å². The Kier molecular flexibility index (Phi) is 7.39. The van der Waals surface area contributed by atoms with Crippen LogP contribution in [0.15, 0.2) is 24.3 Å². The second kappa shape index (κ2) is 10.6. The number of anilines is 2. The molecule has 2 aliphatic rings. The van der Waals surface area contributed by atoms with E-state index >= 15 is 0 Å². The summed E-state index contributed by atoms with van der Waals surface area (Å²) in [6.07, 6.45) is 0.427. The van der Waals surface area contributed by atoms with Crippen LogP contribution in [0.2, 0.25) is 10.0 Å². The number of aryl methyl sites for hydroxylation is 1. The molecule has 0 bridgehead atoms. The van der Waals surface area contributed by atoms with E-state index in [1.807, 2.05) is 24.3 Å². The SMILES string of the molecule is CCOC(=O)c1sc(N2C[C@@H]3[C@H](C2)[C@H]3NC(=O)c2[nH]c(C)c(Cl)c2Cl)nc1Cc1cccc(NC(C)=O)c1. The molecule has 1 aromatic carbocycles. The summed E-state index contributed by atoms with van der Waals surface area (Å²) in [5, 5.41) is 7.20. The third-order valence-electron chi connectivity index (χ3n) is 6.81. The van der Waals surface area contributed by atoms with Crippen molar-refractivity contribution in [1.82, 2.24) is 15.3 Å². The summed E-state index contributed by atoms with van der Waals surface area (Å²) in [5.74, 6) is -0.231. The fourth-order valence-electron chi connectivity index (χ4n) is 4.95. The Bertz CT molecular complexity index is 1410. The molecule has 5 rings (SSSR count). The topological polar surface area (TPSA) is 116 Å². The fourth-order valence-corrected chi connectivity index (χ4v) is 6.37. The van der Waals surface area contributed by atoms with E-state index in [9.17, 15) is 14.4 Å². The molecular formula is C26H27Cl2N5O4S. The predicted octanol–water partition coefficient (Wildman–Crippen LogP) is 4.68. The zero-order valence-electron chi connectivity index (χ0n) is 21.1. The summed E-state index contributed by atoms with van der Waals surface area (Å²) in [7, 11) is 0. The van der Waals surface area contributed by atoms with Crippen LogP contribution in [0, 0.1) is 18.8 Å². The molecule has 0 radical (unpaired) electrons. The Balaban J connectivity index is 1.28. The van der Waals surface area contributed by atoms with E-state index in [0.717, 1.165) is 23.8 Å². The Hall–Kier alpha value is -3.08. The van der Waals surface area contributed by atoms with Gasteiger partial charge in [-0.05, 0) is 31.5 Å². The summed E-state index contributed by atoms with van der Waals surface area (Å²) >= 11 is 13.6. The number of nitrogens with zero attached hydrogens (tertiary/aromatic N) is 2. The summed E-state index contributed by atoms with van der Waals surface area (Å²) in [6.45, 7) is 6.72. The number of halogens is 2. The van der Waals surface area contributed by atoms with Crippen LogP contribution in [0.1, 0.15) is 51.0 Å². The van der Waals surface area contributed by atoms with Crippen molar-refractivity contribution in [3.8, 4) is 0 Å². The maximum Gasteiger partial charge on any atom is 0.350 e. The van der Waals surface area contributed by atoms with Crippen molar-refractivity contribution >= 4 is 63.1 Å². The molecule has 1 saturated heterocycles. The van der Waals surface area contributed by atoms with Crippen LogP contribution < -0.4 is 15.5 Å². The van der Waals surface area contributed by atoms with Crippen LogP contribution in [-0.2, 0) is 16.0 Å². The van der Waals surface area contributed by atoms with Gasteiger partial charge < -0.3 is 25.3 Å². The molecule has 3 N–H and O–H groups in total. The number of carbonyl (C=O) groups excluding carboxylic acids is 3. The lowest BCUT2D eigenvalue weighted by atomic mass is 10.1. The molecule has 0 spiro atoms. The number of esters is 1. The number of nitrogens with one attached hydrogen (secondary N) is 3. The molecule has 1 aliphatic heterocycles. The third kappa shape index (κ3) is 5.25.